The normalized spacial score (nSPS) is 11.5. The first kappa shape index (κ1) is 84.1. The molecule has 126 heavy (non-hydrogen) atoms. The number of nitrogens with zero attached hydrogens (tertiary/aromatic N) is 8. The number of benzene rings is 11. The summed E-state index contributed by atoms with van der Waals surface area (Å²) < 4.78 is 117. The van der Waals surface area contributed by atoms with Crippen molar-refractivity contribution in [3.05, 3.63) is 417 Å². The standard InChI is InChI=1S/C28H20N2O2S.C26H18N2O2S2.C24H16N2O2S3.C23H14N2O2S3/c1-20-16-18-22(19-17-20)33(31,32)30-26-15-9-7-13-24(26)27(23-12-6-8-14-25(23)29-2)28(30)21-10-4-3-5-11-21;1-18-13-15-19(16-14-18)32(29,30)28-23-11-6-4-9-21(23)25(26(28)24-12-7-17-31-24)20-8-3-5-10-22(20)27-2;1-16-9-11-17(12-10-16)31(27,28)26-20-7-4-3-6-18(20)22(19-13-15-30-24(19)25-2)23(26)21-8-5-14-29-21;1-24-23-18(13-15-29-23)21-17-10-5-6-11-19(17)25(22(21)20-12-7-14-28-20)30(26,27)16-8-3-2-4-9-16/h3-19H,1H3;3-17H,1H3;3-15H,1H3;2-15H. The average molecular weight is 1810 g/mol. The molecule has 20 aromatic rings. The highest BCUT2D eigenvalue weighted by Gasteiger charge is 2.35. The van der Waals surface area contributed by atoms with Crippen LogP contribution in [0.5, 0.6) is 0 Å². The van der Waals surface area contributed by atoms with Gasteiger partial charge in [-0.1, -0.05) is 253 Å². The molecule has 20 rings (SSSR count). The monoisotopic (exact) mass is 1810 g/mol. The summed E-state index contributed by atoms with van der Waals surface area (Å²) in [5.41, 5.74) is 15.4. The molecule has 0 saturated heterocycles. The van der Waals surface area contributed by atoms with Crippen LogP contribution in [0.3, 0.4) is 0 Å². The molecule has 0 aliphatic carbocycles. The molecule has 0 N–H and O–H groups in total. The number of hydrogen-bond donors (Lipinski definition) is 0. The molecule has 0 amide bonds. The van der Waals surface area contributed by atoms with Crippen LogP contribution in [-0.4, -0.2) is 49.6 Å². The van der Waals surface area contributed by atoms with Crippen molar-refractivity contribution in [3.8, 4) is 87.5 Å². The van der Waals surface area contributed by atoms with E-state index in [-0.39, 0.29) is 19.6 Å². The van der Waals surface area contributed by atoms with E-state index in [9.17, 15) is 33.7 Å². The molecule has 614 valence electrons. The molecule has 9 heterocycles. The van der Waals surface area contributed by atoms with Gasteiger partial charge in [-0.2, -0.15) is 22.7 Å². The second-order valence-electron chi connectivity index (χ2n) is 28.9. The molecule has 9 aromatic heterocycles. The number of fused-ring (bicyclic) bond motifs is 4. The largest absolute Gasteiger partial charge is 0.268 e. The van der Waals surface area contributed by atoms with Crippen LogP contribution < -0.4 is 0 Å². The Balaban J connectivity index is 0.000000119. The fourth-order valence-corrected chi connectivity index (χ4v) is 25.6. The van der Waals surface area contributed by atoms with Crippen molar-refractivity contribution in [2.45, 2.75) is 40.4 Å². The fourth-order valence-electron chi connectivity index (χ4n) is 15.6. The van der Waals surface area contributed by atoms with Gasteiger partial charge in [0.2, 0.25) is 10.0 Å². The zero-order valence-electron chi connectivity index (χ0n) is 67.1. The number of rotatable bonds is 16. The minimum absolute atomic E-state index is 0.219. The molecule has 0 saturated carbocycles. The first-order valence-corrected chi connectivity index (χ1v) is 49.2. The van der Waals surface area contributed by atoms with Gasteiger partial charge in [-0.15, -0.1) is 34.0 Å². The van der Waals surface area contributed by atoms with Crippen molar-refractivity contribution in [3.63, 3.8) is 0 Å². The van der Waals surface area contributed by atoms with Crippen molar-refractivity contribution in [1.82, 2.24) is 15.9 Å². The second kappa shape index (κ2) is 35.2. The number of thiophene rings is 5. The van der Waals surface area contributed by atoms with E-state index in [0.717, 1.165) is 97.4 Å². The van der Waals surface area contributed by atoms with Gasteiger partial charge in [-0.05, 0) is 155 Å². The molecule has 0 aliphatic heterocycles. The summed E-state index contributed by atoms with van der Waals surface area (Å²) in [6.45, 7) is 36.3. The van der Waals surface area contributed by atoms with Gasteiger partial charge in [0, 0.05) is 54.9 Å². The molecule has 25 heteroatoms. The Morgan fingerprint density at radius 1 is 0.238 bits per heavy atom. The maximum absolute atomic E-state index is 14.1. The predicted octanol–water partition coefficient (Wildman–Crippen LogP) is 28.3. The van der Waals surface area contributed by atoms with Crippen LogP contribution in [0.4, 0.5) is 21.4 Å². The summed E-state index contributed by atoms with van der Waals surface area (Å²) in [6.07, 6.45) is 0. The molecule has 0 bridgehead atoms. The van der Waals surface area contributed by atoms with E-state index >= 15 is 0 Å². The first-order valence-electron chi connectivity index (χ1n) is 39.0. The van der Waals surface area contributed by atoms with Crippen LogP contribution in [0, 0.1) is 47.1 Å². The molecule has 0 radical (unpaired) electrons. The van der Waals surface area contributed by atoms with Gasteiger partial charge < -0.3 is 0 Å². The van der Waals surface area contributed by atoms with E-state index in [0.29, 0.717) is 71.8 Å². The molecule has 0 aliphatic rings. The van der Waals surface area contributed by atoms with Gasteiger partial charge in [0.15, 0.2) is 11.4 Å². The third-order valence-corrected chi connectivity index (χ3v) is 32.4. The quantitative estimate of drug-likeness (QED) is 0.0859. The lowest BCUT2D eigenvalue weighted by Crippen LogP contribution is -2.14. The minimum Gasteiger partial charge on any atom is -0.238 e. The van der Waals surface area contributed by atoms with Crippen molar-refractivity contribution in [1.29, 1.82) is 0 Å². The molecule has 0 atom stereocenters. The SMILES string of the molecule is [C-]#[N+]c1ccccc1-c1c(-c2ccccc2)n(S(=O)(=O)c2ccc(C)cc2)c2ccccc12.[C-]#[N+]c1ccccc1-c1c(-c2cccs2)n(S(=O)(=O)c2ccc(C)cc2)c2ccccc12.[C-]#[N+]c1sccc1-c1c(-c2cccs2)n(S(=O)(=O)c2ccc(C)cc2)c2ccccc12.[C-]#[N+]c1sccc1-c1c(-c2cccs2)n(S(=O)(=O)c2ccccc2)c2ccccc12. The average Bonchev–Trinajstić information content (AvgIpc) is 1.58. The Hall–Kier alpha value is -14.2. The van der Waals surface area contributed by atoms with Crippen molar-refractivity contribution < 1.29 is 33.7 Å². The van der Waals surface area contributed by atoms with Gasteiger partial charge in [-0.25, -0.2) is 68.9 Å². The topological polar surface area (TPSA) is 174 Å². The summed E-state index contributed by atoms with van der Waals surface area (Å²) in [5.74, 6) is 0. The molecular weight excluding hydrogens is 1740 g/mol. The van der Waals surface area contributed by atoms with E-state index in [1.54, 1.807) is 115 Å². The number of hydrogen-bond acceptors (Lipinski definition) is 13. The maximum atomic E-state index is 14.1. The van der Waals surface area contributed by atoms with Gasteiger partial charge in [-0.3, -0.25) is 0 Å². The third kappa shape index (κ3) is 15.4. The van der Waals surface area contributed by atoms with Gasteiger partial charge in [0.05, 0.1) is 105 Å². The van der Waals surface area contributed by atoms with Crippen LogP contribution in [0.25, 0.3) is 150 Å². The molecule has 0 spiro atoms. The lowest BCUT2D eigenvalue weighted by molar-refractivity contribution is 0.588. The van der Waals surface area contributed by atoms with Crippen LogP contribution >= 0.6 is 56.7 Å². The van der Waals surface area contributed by atoms with E-state index in [4.69, 9.17) is 26.3 Å². The highest BCUT2D eigenvalue weighted by atomic mass is 32.2. The lowest BCUT2D eigenvalue weighted by atomic mass is 9.97. The maximum Gasteiger partial charge on any atom is 0.268 e. The van der Waals surface area contributed by atoms with Crippen LogP contribution in [0.2, 0.25) is 0 Å². The molecule has 16 nitrogen and oxygen atoms in total. The second-order valence-corrected chi connectivity index (χ2v) is 40.6. The Labute approximate surface area is 749 Å². The molecule has 0 unspecified atom stereocenters. The van der Waals surface area contributed by atoms with E-state index in [1.165, 1.54) is 72.6 Å². The van der Waals surface area contributed by atoms with Gasteiger partial charge >= 0.3 is 0 Å². The van der Waals surface area contributed by atoms with E-state index in [1.807, 2.05) is 260 Å². The summed E-state index contributed by atoms with van der Waals surface area (Å²) >= 11 is 7.17. The number of aromatic nitrogens is 4. The van der Waals surface area contributed by atoms with Crippen LogP contribution in [0.15, 0.2) is 374 Å². The Bertz CT molecular complexity index is 8210. The number of para-hydroxylation sites is 6. The van der Waals surface area contributed by atoms with Crippen LogP contribution in [0.1, 0.15) is 16.7 Å². The smallest absolute Gasteiger partial charge is 0.238 e. The van der Waals surface area contributed by atoms with Crippen molar-refractivity contribution >= 4 is 162 Å². The zero-order chi connectivity index (χ0) is 87.6. The Morgan fingerprint density at radius 3 is 0.817 bits per heavy atom. The van der Waals surface area contributed by atoms with E-state index < -0.39 is 40.1 Å². The van der Waals surface area contributed by atoms with E-state index in [2.05, 4.69) is 19.4 Å². The Morgan fingerprint density at radius 2 is 0.508 bits per heavy atom. The minimum atomic E-state index is -3.93. The summed E-state index contributed by atoms with van der Waals surface area (Å²) in [5, 5.41) is 13.8. The highest BCUT2D eigenvalue weighted by molar-refractivity contribution is 7.91. The van der Waals surface area contributed by atoms with Crippen LogP contribution in [-0.2, 0) is 40.1 Å². The highest BCUT2D eigenvalue weighted by Crippen LogP contribution is 2.53. The summed E-state index contributed by atoms with van der Waals surface area (Å²) in [6, 6.07) is 98.5. The molecule has 11 aromatic carbocycles. The fraction of sp³-hybridized carbons (Fsp3) is 0.0297. The van der Waals surface area contributed by atoms with Gasteiger partial charge in [0.1, 0.15) is 0 Å². The van der Waals surface area contributed by atoms with Gasteiger partial charge in [0.25, 0.3) is 40.1 Å². The zero-order valence-corrected chi connectivity index (χ0v) is 74.4. The Kier molecular flexibility index (Phi) is 23.5. The number of aryl methyl sites for hydroxylation is 3. The summed E-state index contributed by atoms with van der Waals surface area (Å²) in [7, 11) is -15.6. The lowest BCUT2D eigenvalue weighted by Gasteiger charge is -2.14. The van der Waals surface area contributed by atoms with Crippen molar-refractivity contribution in [2.24, 2.45) is 0 Å². The predicted molar refractivity (Wildman–Crippen MR) is 516 cm³/mol. The van der Waals surface area contributed by atoms with Crippen molar-refractivity contribution in [2.75, 3.05) is 0 Å². The first-order chi connectivity index (χ1) is 61.2. The third-order valence-electron chi connectivity index (χ3n) is 21.2. The molecule has 0 fully saturated rings. The molecular formula is C101H68N8O8S9. The summed E-state index contributed by atoms with van der Waals surface area (Å²) in [4.78, 5) is 18.2.